The van der Waals surface area contributed by atoms with Gasteiger partial charge in [0.1, 0.15) is 0 Å². The van der Waals surface area contributed by atoms with Crippen molar-refractivity contribution >= 4 is 10.9 Å². The molecule has 4 heteroatoms. The molecule has 0 spiro atoms. The van der Waals surface area contributed by atoms with Crippen molar-refractivity contribution in [3.8, 4) is 5.69 Å². The number of aliphatic hydroxyl groups excluding tert-OH is 1. The van der Waals surface area contributed by atoms with Crippen LogP contribution < -0.4 is 0 Å². The van der Waals surface area contributed by atoms with Crippen LogP contribution in [0.1, 0.15) is 17.1 Å². The molecule has 19 heavy (non-hydrogen) atoms. The van der Waals surface area contributed by atoms with Crippen LogP contribution in [0.4, 0.5) is 0 Å². The summed E-state index contributed by atoms with van der Waals surface area (Å²) in [5.74, 6) is 0. The van der Waals surface area contributed by atoms with E-state index in [2.05, 4.69) is 9.97 Å². The Morgan fingerprint density at radius 2 is 2.00 bits per heavy atom. The molecule has 0 atom stereocenters. The van der Waals surface area contributed by atoms with Crippen molar-refractivity contribution in [1.82, 2.24) is 14.5 Å². The molecule has 0 aliphatic rings. The molecule has 0 aliphatic carbocycles. The Morgan fingerprint density at radius 1 is 1.21 bits per heavy atom. The third-order valence-corrected chi connectivity index (χ3v) is 3.42. The van der Waals surface area contributed by atoms with Gasteiger partial charge >= 0.3 is 0 Å². The number of hydrogen-bond acceptors (Lipinski definition) is 3. The molecule has 0 bridgehead atoms. The minimum absolute atomic E-state index is 0.0649. The van der Waals surface area contributed by atoms with Crippen LogP contribution >= 0.6 is 0 Å². The maximum Gasteiger partial charge on any atom is 0.0997 e. The molecular formula is C15H15N3O. The first-order valence-corrected chi connectivity index (χ1v) is 6.21. The van der Waals surface area contributed by atoms with Gasteiger partial charge in [-0.3, -0.25) is 4.98 Å². The van der Waals surface area contributed by atoms with Gasteiger partial charge in [0.05, 0.1) is 35.5 Å². The number of pyridine rings is 1. The number of aliphatic hydroxyl groups is 1. The maximum absolute atomic E-state index is 9.36. The summed E-state index contributed by atoms with van der Waals surface area (Å²) in [5, 5.41) is 10.4. The predicted octanol–water partition coefficient (Wildman–Crippen LogP) is 2.53. The third kappa shape index (κ3) is 1.90. The Hall–Kier alpha value is -2.20. The molecule has 3 rings (SSSR count). The van der Waals surface area contributed by atoms with Gasteiger partial charge < -0.3 is 9.67 Å². The summed E-state index contributed by atoms with van der Waals surface area (Å²) in [4.78, 5) is 8.77. The van der Waals surface area contributed by atoms with Crippen molar-refractivity contribution in [2.45, 2.75) is 20.5 Å². The molecule has 1 N–H and O–H groups in total. The zero-order valence-corrected chi connectivity index (χ0v) is 11.0. The predicted molar refractivity (Wildman–Crippen MR) is 74.3 cm³/mol. The van der Waals surface area contributed by atoms with Crippen molar-refractivity contribution in [2.24, 2.45) is 0 Å². The summed E-state index contributed by atoms with van der Waals surface area (Å²) >= 11 is 0. The molecule has 2 heterocycles. The highest BCUT2D eigenvalue weighted by atomic mass is 16.3. The van der Waals surface area contributed by atoms with Gasteiger partial charge in [-0.2, -0.15) is 0 Å². The molecule has 96 valence electrons. The van der Waals surface area contributed by atoms with Crippen molar-refractivity contribution in [3.63, 3.8) is 0 Å². The smallest absolute Gasteiger partial charge is 0.0997 e. The lowest BCUT2D eigenvalue weighted by molar-refractivity contribution is 0.277. The summed E-state index contributed by atoms with van der Waals surface area (Å²) in [7, 11) is 0. The van der Waals surface area contributed by atoms with E-state index in [0.717, 1.165) is 28.0 Å². The van der Waals surface area contributed by atoms with Gasteiger partial charge in [0.25, 0.3) is 0 Å². The quantitative estimate of drug-likeness (QED) is 0.763. The molecule has 0 fully saturated rings. The molecular weight excluding hydrogens is 238 g/mol. The van der Waals surface area contributed by atoms with Crippen LogP contribution in [0.5, 0.6) is 0 Å². The first-order chi connectivity index (χ1) is 9.20. The van der Waals surface area contributed by atoms with Crippen molar-refractivity contribution < 1.29 is 5.11 Å². The Kier molecular flexibility index (Phi) is 2.80. The Bertz CT molecular complexity index is 746. The average molecular weight is 253 g/mol. The van der Waals surface area contributed by atoms with Crippen molar-refractivity contribution in [3.05, 3.63) is 53.7 Å². The maximum atomic E-state index is 9.36. The normalized spacial score (nSPS) is 11.1. The number of hydrogen-bond donors (Lipinski definition) is 1. The summed E-state index contributed by atoms with van der Waals surface area (Å²) in [6.45, 7) is 3.96. The lowest BCUT2D eigenvalue weighted by Gasteiger charge is -2.11. The zero-order chi connectivity index (χ0) is 13.4. The van der Waals surface area contributed by atoms with Gasteiger partial charge in [-0.05, 0) is 26.0 Å². The van der Waals surface area contributed by atoms with Crippen LogP contribution in [-0.2, 0) is 6.61 Å². The number of rotatable bonds is 2. The van der Waals surface area contributed by atoms with Gasteiger partial charge in [0.15, 0.2) is 0 Å². The number of fused-ring (bicyclic) bond motifs is 1. The molecule has 0 amide bonds. The lowest BCUT2D eigenvalue weighted by atomic mass is 10.1. The van der Waals surface area contributed by atoms with Crippen LogP contribution in [0.25, 0.3) is 16.6 Å². The highest BCUT2D eigenvalue weighted by molar-refractivity contribution is 5.87. The first-order valence-electron chi connectivity index (χ1n) is 6.21. The zero-order valence-electron chi connectivity index (χ0n) is 11.0. The average Bonchev–Trinajstić information content (AvgIpc) is 2.78. The van der Waals surface area contributed by atoms with Crippen LogP contribution in [-0.4, -0.2) is 19.6 Å². The highest BCUT2D eigenvalue weighted by Gasteiger charge is 2.10. The third-order valence-electron chi connectivity index (χ3n) is 3.42. The lowest BCUT2D eigenvalue weighted by Crippen LogP contribution is -2.00. The van der Waals surface area contributed by atoms with E-state index in [-0.39, 0.29) is 6.61 Å². The number of imidazole rings is 1. The standard InChI is InChI=1S/C15H15N3O/c1-10-11(2)18(9-16-10)15-7-12(8-19)17-14-6-4-3-5-13(14)15/h3-7,9,19H,8H2,1-2H3. The number of para-hydroxylation sites is 1. The molecule has 0 saturated heterocycles. The van der Waals surface area contributed by atoms with E-state index in [1.54, 1.807) is 0 Å². The second-order valence-corrected chi connectivity index (χ2v) is 4.59. The van der Waals surface area contributed by atoms with E-state index in [4.69, 9.17) is 0 Å². The summed E-state index contributed by atoms with van der Waals surface area (Å²) in [6.07, 6.45) is 1.81. The topological polar surface area (TPSA) is 50.9 Å². The molecule has 4 nitrogen and oxygen atoms in total. The molecule has 3 aromatic rings. The second-order valence-electron chi connectivity index (χ2n) is 4.59. The van der Waals surface area contributed by atoms with Gasteiger partial charge in [-0.1, -0.05) is 18.2 Å². The molecule has 0 saturated carbocycles. The van der Waals surface area contributed by atoms with Crippen molar-refractivity contribution in [1.29, 1.82) is 0 Å². The van der Waals surface area contributed by atoms with E-state index in [1.165, 1.54) is 0 Å². The molecule has 1 aromatic carbocycles. The van der Waals surface area contributed by atoms with Crippen LogP contribution in [0.2, 0.25) is 0 Å². The van der Waals surface area contributed by atoms with Gasteiger partial charge in [-0.15, -0.1) is 0 Å². The number of nitrogens with zero attached hydrogens (tertiary/aromatic N) is 3. The fourth-order valence-electron chi connectivity index (χ4n) is 2.23. The molecule has 0 unspecified atom stereocenters. The Balaban J connectivity index is 2.36. The van der Waals surface area contributed by atoms with Gasteiger partial charge in [-0.25, -0.2) is 4.98 Å². The minimum atomic E-state index is -0.0649. The van der Waals surface area contributed by atoms with E-state index in [1.807, 2.05) is 55.1 Å². The Morgan fingerprint density at radius 3 is 2.68 bits per heavy atom. The fourth-order valence-corrected chi connectivity index (χ4v) is 2.23. The van der Waals surface area contributed by atoms with E-state index >= 15 is 0 Å². The number of aromatic nitrogens is 3. The monoisotopic (exact) mass is 253 g/mol. The van der Waals surface area contributed by atoms with Crippen molar-refractivity contribution in [2.75, 3.05) is 0 Å². The van der Waals surface area contributed by atoms with E-state index in [0.29, 0.717) is 5.69 Å². The largest absolute Gasteiger partial charge is 0.390 e. The van der Waals surface area contributed by atoms with Crippen LogP contribution in [0.15, 0.2) is 36.7 Å². The summed E-state index contributed by atoms with van der Waals surface area (Å²) in [6, 6.07) is 9.85. The second kappa shape index (κ2) is 4.48. The van der Waals surface area contributed by atoms with Crippen LogP contribution in [0.3, 0.4) is 0 Å². The van der Waals surface area contributed by atoms with Crippen LogP contribution in [0, 0.1) is 13.8 Å². The fraction of sp³-hybridized carbons (Fsp3) is 0.200. The van der Waals surface area contributed by atoms with Gasteiger partial charge in [0, 0.05) is 11.1 Å². The van der Waals surface area contributed by atoms with E-state index < -0.39 is 0 Å². The first kappa shape index (κ1) is 11.9. The number of benzene rings is 1. The molecule has 2 aromatic heterocycles. The Labute approximate surface area is 111 Å². The molecule has 0 aliphatic heterocycles. The minimum Gasteiger partial charge on any atom is -0.390 e. The highest BCUT2D eigenvalue weighted by Crippen LogP contribution is 2.24. The van der Waals surface area contributed by atoms with E-state index in [9.17, 15) is 5.11 Å². The molecule has 0 radical (unpaired) electrons. The SMILES string of the molecule is Cc1ncn(-c2cc(CO)nc3ccccc23)c1C. The summed E-state index contributed by atoms with van der Waals surface area (Å²) < 4.78 is 2.04. The summed E-state index contributed by atoms with van der Waals surface area (Å²) in [5.41, 5.74) is 4.66. The number of aryl methyl sites for hydroxylation is 1. The van der Waals surface area contributed by atoms with Gasteiger partial charge in [0.2, 0.25) is 0 Å².